The fourth-order valence-corrected chi connectivity index (χ4v) is 11.8. The number of aromatic hydroxyl groups is 1. The second-order valence-electron chi connectivity index (χ2n) is 14.9. The molecule has 2 saturated heterocycles. The normalized spacial score (nSPS) is 26.1. The highest BCUT2D eigenvalue weighted by atomic mass is 127. The van der Waals surface area contributed by atoms with E-state index in [1.807, 2.05) is 66.8 Å². The minimum Gasteiger partial charge on any atom is -0.504 e. The third-order valence-electron chi connectivity index (χ3n) is 12.2. The molecule has 0 spiro atoms. The van der Waals surface area contributed by atoms with Gasteiger partial charge in [-0.05, 0) is 126 Å². The molecule has 10 nitrogen and oxygen atoms in total. The maximum Gasteiger partial charge on any atom is 0.242 e. The highest BCUT2D eigenvalue weighted by molar-refractivity contribution is 14.1. The molecule has 1 N–H and O–H groups in total. The zero-order chi connectivity index (χ0) is 38.8. The van der Waals surface area contributed by atoms with Crippen molar-refractivity contribution in [2.45, 2.75) is 32.6 Å². The molecule has 0 radical (unpaired) electrons. The van der Waals surface area contributed by atoms with Gasteiger partial charge in [0, 0.05) is 33.2 Å². The monoisotopic (exact) mass is 950 g/mol. The minimum absolute atomic E-state index is 0.0306. The molecule has 3 aromatic carbocycles. The van der Waals surface area contributed by atoms with Crippen molar-refractivity contribution in [3.63, 3.8) is 0 Å². The SMILES string of the molecule is COc1cc(C2C3=CCC4C(=O)N(c5ccc(Br)cc5)C(=O)C4C3CC3C(=O)N(c4cc(-c5sc6ccc(Cl)cc6c5C)nn4C)C(=O)C32C)cc(I)c1O. The maximum absolute atomic E-state index is 15.2. The van der Waals surface area contributed by atoms with Crippen molar-refractivity contribution in [1.82, 2.24) is 9.78 Å². The lowest BCUT2D eigenvalue weighted by Gasteiger charge is -2.49. The number of hydrogen-bond donors (Lipinski definition) is 1. The van der Waals surface area contributed by atoms with Gasteiger partial charge in [-0.1, -0.05) is 39.2 Å². The van der Waals surface area contributed by atoms with E-state index in [0.717, 1.165) is 30.6 Å². The van der Waals surface area contributed by atoms with Crippen LogP contribution in [0.1, 0.15) is 36.8 Å². The van der Waals surface area contributed by atoms with Crippen LogP contribution in [0.4, 0.5) is 11.5 Å². The van der Waals surface area contributed by atoms with Crippen LogP contribution in [0, 0.1) is 39.6 Å². The van der Waals surface area contributed by atoms with Gasteiger partial charge in [-0.15, -0.1) is 11.3 Å². The number of fused-ring (bicyclic) bond motifs is 5. The van der Waals surface area contributed by atoms with E-state index in [0.29, 0.717) is 37.8 Å². The molecule has 6 unspecified atom stereocenters. The molecular weight excluding hydrogens is 919 g/mol. The summed E-state index contributed by atoms with van der Waals surface area (Å²) in [6, 6.07) is 18.1. The lowest BCUT2D eigenvalue weighted by Crippen LogP contribution is -2.49. The number of benzene rings is 3. The Bertz CT molecular complexity index is 2570. The minimum atomic E-state index is -1.29. The first-order chi connectivity index (χ1) is 26.2. The zero-order valence-electron chi connectivity index (χ0n) is 30.0. The molecule has 2 aliphatic heterocycles. The van der Waals surface area contributed by atoms with E-state index < -0.39 is 35.0 Å². The number of methoxy groups -OCH3 is 1. The molecule has 2 aliphatic carbocycles. The van der Waals surface area contributed by atoms with Gasteiger partial charge in [0.05, 0.1) is 44.4 Å². The Morgan fingerprint density at radius 1 is 1.00 bits per heavy atom. The van der Waals surface area contributed by atoms with Gasteiger partial charge < -0.3 is 9.84 Å². The Hall–Kier alpha value is -4.05. The van der Waals surface area contributed by atoms with E-state index in [1.165, 1.54) is 16.9 Å². The summed E-state index contributed by atoms with van der Waals surface area (Å²) in [7, 11) is 3.19. The van der Waals surface area contributed by atoms with Crippen molar-refractivity contribution in [3.05, 3.63) is 96.5 Å². The molecule has 9 rings (SSSR count). The first-order valence-electron chi connectivity index (χ1n) is 17.8. The predicted octanol–water partition coefficient (Wildman–Crippen LogP) is 8.78. The third kappa shape index (κ3) is 5.25. The molecule has 4 aliphatic rings. The summed E-state index contributed by atoms with van der Waals surface area (Å²) in [5.41, 5.74) is 2.35. The Morgan fingerprint density at radius 2 is 1.75 bits per heavy atom. The number of rotatable bonds is 5. The van der Waals surface area contributed by atoms with Gasteiger partial charge in [0.2, 0.25) is 23.6 Å². The second-order valence-corrected chi connectivity index (χ2v) is 18.5. The van der Waals surface area contributed by atoms with E-state index in [1.54, 1.807) is 59.5 Å². The molecule has 6 atom stereocenters. The lowest BCUT2D eigenvalue weighted by molar-refractivity contribution is -0.131. The lowest BCUT2D eigenvalue weighted by atomic mass is 9.51. The van der Waals surface area contributed by atoms with Gasteiger partial charge in [0.25, 0.3) is 0 Å². The molecule has 55 heavy (non-hydrogen) atoms. The Morgan fingerprint density at radius 3 is 2.47 bits per heavy atom. The molecular formula is C41H33BrClIN4O6S. The quantitative estimate of drug-likeness (QED) is 0.106. The van der Waals surface area contributed by atoms with Crippen molar-refractivity contribution in [2.24, 2.45) is 36.1 Å². The molecule has 1 saturated carbocycles. The Balaban J connectivity index is 1.17. The van der Waals surface area contributed by atoms with Crippen LogP contribution in [0.25, 0.3) is 20.7 Å². The third-order valence-corrected chi connectivity index (χ3v) is 15.1. The largest absolute Gasteiger partial charge is 0.504 e. The number of aryl methyl sites for hydroxylation is 2. The van der Waals surface area contributed by atoms with Gasteiger partial charge in [0.15, 0.2) is 11.5 Å². The number of allylic oxidation sites excluding steroid dienone is 2. The molecule has 5 aromatic rings. The number of thiophene rings is 1. The van der Waals surface area contributed by atoms with E-state index in [-0.39, 0.29) is 41.5 Å². The van der Waals surface area contributed by atoms with Crippen LogP contribution < -0.4 is 14.5 Å². The van der Waals surface area contributed by atoms with Gasteiger partial charge in [-0.2, -0.15) is 5.10 Å². The summed E-state index contributed by atoms with van der Waals surface area (Å²) in [4.78, 5) is 62.1. The Labute approximate surface area is 347 Å². The van der Waals surface area contributed by atoms with Gasteiger partial charge in [0.1, 0.15) is 11.5 Å². The van der Waals surface area contributed by atoms with Crippen LogP contribution >= 0.6 is 61.5 Å². The second kappa shape index (κ2) is 13.0. The van der Waals surface area contributed by atoms with Crippen LogP contribution in [0.15, 0.2) is 76.8 Å². The van der Waals surface area contributed by atoms with Crippen molar-refractivity contribution in [3.8, 4) is 22.1 Å². The highest BCUT2D eigenvalue weighted by Crippen LogP contribution is 2.64. The Kier molecular flexibility index (Phi) is 8.65. The summed E-state index contributed by atoms with van der Waals surface area (Å²) in [6.45, 7) is 3.85. The van der Waals surface area contributed by atoms with E-state index in [4.69, 9.17) is 21.4 Å². The number of carbonyl (C=O) groups excluding carboxylic acids is 4. The number of carbonyl (C=O) groups is 4. The number of phenols is 1. The number of halogens is 3. The molecule has 0 bridgehead atoms. The molecule has 2 aromatic heterocycles. The number of aromatic nitrogens is 2. The molecule has 14 heteroatoms. The number of phenolic OH excluding ortho intramolecular Hbond substituents is 1. The smallest absolute Gasteiger partial charge is 0.242 e. The summed E-state index contributed by atoms with van der Waals surface area (Å²) >= 11 is 13.4. The number of imide groups is 2. The van der Waals surface area contributed by atoms with E-state index in [9.17, 15) is 19.5 Å². The predicted molar refractivity (Wildman–Crippen MR) is 222 cm³/mol. The van der Waals surface area contributed by atoms with Crippen LogP contribution in [-0.2, 0) is 26.2 Å². The molecule has 280 valence electrons. The molecule has 4 heterocycles. The molecule has 3 fully saturated rings. The fourth-order valence-electron chi connectivity index (χ4n) is 9.59. The summed E-state index contributed by atoms with van der Waals surface area (Å²) in [6.07, 6.45) is 2.54. The number of nitrogens with zero attached hydrogens (tertiary/aromatic N) is 4. The van der Waals surface area contributed by atoms with Crippen molar-refractivity contribution in [2.75, 3.05) is 16.9 Å². The highest BCUT2D eigenvalue weighted by Gasteiger charge is 2.68. The van der Waals surface area contributed by atoms with Crippen LogP contribution in [0.2, 0.25) is 5.02 Å². The number of amides is 4. The van der Waals surface area contributed by atoms with E-state index >= 15 is 4.79 Å². The standard InChI is InChI=1S/C41H33BrClIN4O6S/c1-18-25-15-21(43)7-12-31(25)55-36(18)29-17-32(46(3)45-29)48-38(51)27-16-26-23(34(41(27,2)40(48)53)19-13-28(44)35(49)30(14-19)54-4)10-11-24-33(26)39(52)47(37(24)50)22-8-5-20(42)6-9-22/h5-10,12-15,17,24,26-27,33-34,49H,11,16H2,1-4H3. The van der Waals surface area contributed by atoms with Crippen molar-refractivity contribution < 1.29 is 29.0 Å². The first kappa shape index (κ1) is 36.6. The summed E-state index contributed by atoms with van der Waals surface area (Å²) < 4.78 is 9.54. The zero-order valence-corrected chi connectivity index (χ0v) is 35.3. The van der Waals surface area contributed by atoms with Crippen molar-refractivity contribution in [1.29, 1.82) is 0 Å². The average molecular weight is 952 g/mol. The number of ether oxygens (including phenoxy) is 1. The number of hydrogen-bond acceptors (Lipinski definition) is 8. The van der Waals surface area contributed by atoms with Crippen LogP contribution in [0.3, 0.4) is 0 Å². The first-order valence-corrected chi connectivity index (χ1v) is 20.8. The van der Waals surface area contributed by atoms with E-state index in [2.05, 4.69) is 15.9 Å². The van der Waals surface area contributed by atoms with Gasteiger partial charge in [-0.3, -0.25) is 28.8 Å². The van der Waals surface area contributed by atoms with Crippen molar-refractivity contribution >= 4 is 107 Å². The van der Waals surface area contributed by atoms with Gasteiger partial charge in [-0.25, -0.2) is 4.90 Å². The molecule has 4 amide bonds. The summed E-state index contributed by atoms with van der Waals surface area (Å²) in [5.74, 6) is -4.11. The summed E-state index contributed by atoms with van der Waals surface area (Å²) in [5, 5.41) is 17.3. The number of anilines is 2. The van der Waals surface area contributed by atoms with Gasteiger partial charge >= 0.3 is 0 Å². The van der Waals surface area contributed by atoms with Crippen LogP contribution in [-0.4, -0.2) is 45.6 Å². The topological polar surface area (TPSA) is 122 Å². The maximum atomic E-state index is 15.2. The average Bonchev–Trinajstić information content (AvgIpc) is 3.83. The van der Waals surface area contributed by atoms with Crippen LogP contribution in [0.5, 0.6) is 11.5 Å². The fraction of sp³-hybridized carbons (Fsp3) is 0.293.